The van der Waals surface area contributed by atoms with Gasteiger partial charge in [-0.3, -0.25) is 0 Å². The summed E-state index contributed by atoms with van der Waals surface area (Å²) in [4.78, 5) is 2.43. The second-order valence-corrected chi connectivity index (χ2v) is 6.21. The van der Waals surface area contributed by atoms with Crippen molar-refractivity contribution in [1.82, 2.24) is 0 Å². The molecule has 3 nitrogen and oxygen atoms in total. The van der Waals surface area contributed by atoms with Crippen LogP contribution in [0, 0.1) is 0 Å². The molecule has 1 aromatic carbocycles. The fourth-order valence-corrected chi connectivity index (χ4v) is 3.10. The summed E-state index contributed by atoms with van der Waals surface area (Å²) in [6, 6.07) is 7.06. The van der Waals surface area contributed by atoms with Gasteiger partial charge in [-0.1, -0.05) is 6.07 Å². The van der Waals surface area contributed by atoms with Crippen molar-refractivity contribution in [3.8, 4) is 0 Å². The highest BCUT2D eigenvalue weighted by molar-refractivity contribution is 9.10. The molecule has 0 spiro atoms. The molecular weight excluding hydrogens is 304 g/mol. The third-order valence-electron chi connectivity index (χ3n) is 3.88. The Hall–Kier alpha value is -0.580. The molecule has 0 unspecified atom stereocenters. The lowest BCUT2D eigenvalue weighted by atomic mass is 9.90. The number of nitrogens with two attached hydrogens (primary N) is 1. The number of nitrogens with zero attached hydrogens (tertiary/aromatic N) is 1. The molecule has 0 aromatic heterocycles. The molecule has 19 heavy (non-hydrogen) atoms. The van der Waals surface area contributed by atoms with Gasteiger partial charge < -0.3 is 15.7 Å². The van der Waals surface area contributed by atoms with Crippen LogP contribution in [0.25, 0.3) is 0 Å². The Labute approximate surface area is 123 Å². The molecule has 0 heterocycles. The van der Waals surface area contributed by atoms with Gasteiger partial charge in [0.05, 0.1) is 5.69 Å². The zero-order valence-electron chi connectivity index (χ0n) is 11.5. The highest BCUT2D eigenvalue weighted by atomic mass is 79.9. The van der Waals surface area contributed by atoms with Gasteiger partial charge in [-0.15, -0.1) is 0 Å². The van der Waals surface area contributed by atoms with Crippen LogP contribution < -0.4 is 10.6 Å². The van der Waals surface area contributed by atoms with E-state index in [1.807, 2.05) is 6.92 Å². The fourth-order valence-electron chi connectivity index (χ4n) is 2.48. The first-order valence-corrected chi connectivity index (χ1v) is 7.85. The lowest BCUT2D eigenvalue weighted by Crippen LogP contribution is -2.41. The molecule has 1 aliphatic carbocycles. The summed E-state index contributed by atoms with van der Waals surface area (Å²) >= 11 is 3.67. The van der Waals surface area contributed by atoms with Gasteiger partial charge in [-0.25, -0.2) is 0 Å². The maximum absolute atomic E-state index is 9.07. The Morgan fingerprint density at radius 1 is 1.47 bits per heavy atom. The number of anilines is 1. The van der Waals surface area contributed by atoms with E-state index in [4.69, 9.17) is 10.8 Å². The SMILES string of the molecule is C[C@@H](N)c1ccc(N(CCCO)C2CCC2)c(Br)c1. The molecule has 106 valence electrons. The number of aliphatic hydroxyl groups excluding tert-OH is 1. The third-order valence-corrected chi connectivity index (χ3v) is 4.51. The van der Waals surface area contributed by atoms with E-state index in [-0.39, 0.29) is 12.6 Å². The van der Waals surface area contributed by atoms with E-state index < -0.39 is 0 Å². The molecule has 1 aliphatic rings. The van der Waals surface area contributed by atoms with Crippen LogP contribution in [0.15, 0.2) is 22.7 Å². The second-order valence-electron chi connectivity index (χ2n) is 5.35. The lowest BCUT2D eigenvalue weighted by Gasteiger charge is -2.40. The molecule has 0 bridgehead atoms. The summed E-state index contributed by atoms with van der Waals surface area (Å²) in [6.07, 6.45) is 4.65. The van der Waals surface area contributed by atoms with Crippen LogP contribution in [0.1, 0.15) is 44.2 Å². The smallest absolute Gasteiger partial charge is 0.0513 e. The van der Waals surface area contributed by atoms with Crippen molar-refractivity contribution in [2.24, 2.45) is 5.73 Å². The van der Waals surface area contributed by atoms with Crippen LogP contribution in [0.5, 0.6) is 0 Å². The predicted octanol–water partition coefficient (Wildman–Crippen LogP) is 3.21. The molecule has 0 aliphatic heterocycles. The molecular formula is C15H23BrN2O. The Kier molecular flexibility index (Phi) is 5.25. The van der Waals surface area contributed by atoms with Crippen LogP contribution >= 0.6 is 15.9 Å². The van der Waals surface area contributed by atoms with Gasteiger partial charge in [0, 0.05) is 29.7 Å². The minimum Gasteiger partial charge on any atom is -0.396 e. The number of halogens is 1. The van der Waals surface area contributed by atoms with Gasteiger partial charge in [-0.2, -0.15) is 0 Å². The standard InChI is InChI=1S/C15H23BrN2O/c1-11(17)12-6-7-15(14(16)10-12)18(8-3-9-19)13-4-2-5-13/h6-7,10-11,13,19H,2-5,8-9,17H2,1H3/t11-/m1/s1. The molecule has 3 N–H and O–H groups in total. The minimum atomic E-state index is 0.0555. The quantitative estimate of drug-likeness (QED) is 0.843. The van der Waals surface area contributed by atoms with Gasteiger partial charge in [0.25, 0.3) is 0 Å². The van der Waals surface area contributed by atoms with Crippen LogP contribution in [0.4, 0.5) is 5.69 Å². The highest BCUT2D eigenvalue weighted by Gasteiger charge is 2.26. The van der Waals surface area contributed by atoms with Crippen molar-refractivity contribution in [2.75, 3.05) is 18.1 Å². The summed E-state index contributed by atoms with van der Waals surface area (Å²) < 4.78 is 1.10. The summed E-state index contributed by atoms with van der Waals surface area (Å²) in [6.45, 7) is 3.16. The van der Waals surface area contributed by atoms with Crippen LogP contribution in [-0.2, 0) is 0 Å². The first kappa shape index (κ1) is 14.8. The average Bonchev–Trinajstić information content (AvgIpc) is 2.32. The third kappa shape index (κ3) is 3.50. The van der Waals surface area contributed by atoms with Crippen molar-refractivity contribution >= 4 is 21.6 Å². The van der Waals surface area contributed by atoms with Gasteiger partial charge in [0.15, 0.2) is 0 Å². The Morgan fingerprint density at radius 2 is 2.21 bits per heavy atom. The van der Waals surface area contributed by atoms with Gasteiger partial charge >= 0.3 is 0 Å². The van der Waals surface area contributed by atoms with E-state index in [0.717, 1.165) is 23.0 Å². The Morgan fingerprint density at radius 3 is 2.68 bits per heavy atom. The molecule has 1 saturated carbocycles. The maximum atomic E-state index is 9.07. The molecule has 4 heteroatoms. The molecule has 0 saturated heterocycles. The van der Waals surface area contributed by atoms with Gasteiger partial charge in [0.2, 0.25) is 0 Å². The van der Waals surface area contributed by atoms with Crippen LogP contribution in [-0.4, -0.2) is 24.3 Å². The van der Waals surface area contributed by atoms with E-state index in [1.54, 1.807) is 0 Å². The Balaban J connectivity index is 2.20. The molecule has 0 radical (unpaired) electrons. The van der Waals surface area contributed by atoms with E-state index in [1.165, 1.54) is 24.9 Å². The van der Waals surface area contributed by atoms with Crippen LogP contribution in [0.2, 0.25) is 0 Å². The van der Waals surface area contributed by atoms with E-state index in [0.29, 0.717) is 6.04 Å². The number of hydrogen-bond donors (Lipinski definition) is 2. The molecule has 1 atom stereocenters. The van der Waals surface area contributed by atoms with Crippen molar-refractivity contribution in [3.05, 3.63) is 28.2 Å². The monoisotopic (exact) mass is 326 g/mol. The molecule has 2 rings (SSSR count). The van der Waals surface area contributed by atoms with Crippen molar-refractivity contribution in [2.45, 2.75) is 44.7 Å². The first-order valence-electron chi connectivity index (χ1n) is 7.06. The number of benzene rings is 1. The minimum absolute atomic E-state index is 0.0555. The first-order chi connectivity index (χ1) is 9.13. The van der Waals surface area contributed by atoms with Gasteiger partial charge in [-0.05, 0) is 66.2 Å². The van der Waals surface area contributed by atoms with Crippen molar-refractivity contribution < 1.29 is 5.11 Å². The lowest BCUT2D eigenvalue weighted by molar-refractivity contribution is 0.283. The number of hydrogen-bond acceptors (Lipinski definition) is 3. The number of aliphatic hydroxyl groups is 1. The predicted molar refractivity (Wildman–Crippen MR) is 83.4 cm³/mol. The van der Waals surface area contributed by atoms with E-state index >= 15 is 0 Å². The number of rotatable bonds is 6. The summed E-state index contributed by atoms with van der Waals surface area (Å²) in [7, 11) is 0. The summed E-state index contributed by atoms with van der Waals surface area (Å²) in [5.74, 6) is 0. The topological polar surface area (TPSA) is 49.5 Å². The summed E-state index contributed by atoms with van der Waals surface area (Å²) in [5, 5.41) is 9.07. The van der Waals surface area contributed by atoms with E-state index in [9.17, 15) is 0 Å². The maximum Gasteiger partial charge on any atom is 0.0513 e. The molecule has 1 fully saturated rings. The zero-order chi connectivity index (χ0) is 13.8. The average molecular weight is 327 g/mol. The van der Waals surface area contributed by atoms with E-state index in [2.05, 4.69) is 39.0 Å². The molecule has 1 aromatic rings. The normalized spacial score (nSPS) is 17.1. The van der Waals surface area contributed by atoms with Gasteiger partial charge in [0.1, 0.15) is 0 Å². The van der Waals surface area contributed by atoms with Crippen molar-refractivity contribution in [3.63, 3.8) is 0 Å². The largest absolute Gasteiger partial charge is 0.396 e. The molecule has 0 amide bonds. The van der Waals surface area contributed by atoms with Crippen molar-refractivity contribution in [1.29, 1.82) is 0 Å². The van der Waals surface area contributed by atoms with Crippen LogP contribution in [0.3, 0.4) is 0 Å². The fraction of sp³-hybridized carbons (Fsp3) is 0.600. The second kappa shape index (κ2) is 6.73. The Bertz CT molecular complexity index is 419. The summed E-state index contributed by atoms with van der Waals surface area (Å²) in [5.41, 5.74) is 8.29. The highest BCUT2D eigenvalue weighted by Crippen LogP contribution is 2.35. The zero-order valence-corrected chi connectivity index (χ0v) is 13.1.